The van der Waals surface area contributed by atoms with Gasteiger partial charge in [-0.2, -0.15) is 4.99 Å². The summed E-state index contributed by atoms with van der Waals surface area (Å²) in [5, 5.41) is 0. The van der Waals surface area contributed by atoms with Gasteiger partial charge in [-0.1, -0.05) is 29.5 Å². The van der Waals surface area contributed by atoms with Gasteiger partial charge in [0, 0.05) is 25.0 Å². The third-order valence-corrected chi connectivity index (χ3v) is 6.62. The molecule has 0 aliphatic carbocycles. The molecular weight excluding hydrogens is 432 g/mol. The maximum Gasteiger partial charge on any atom is 0.338 e. The second-order valence-electron chi connectivity index (χ2n) is 6.70. The molecule has 31 heavy (non-hydrogen) atoms. The Labute approximate surface area is 189 Å². The molecule has 0 bridgehead atoms. The average Bonchev–Trinajstić information content (AvgIpc) is 3.12. The molecule has 6 nitrogen and oxygen atoms in total. The molecule has 0 atom stereocenters. The van der Waals surface area contributed by atoms with Crippen molar-refractivity contribution in [2.45, 2.75) is 31.2 Å². The van der Waals surface area contributed by atoms with E-state index in [0.29, 0.717) is 36.5 Å². The van der Waals surface area contributed by atoms with E-state index >= 15 is 0 Å². The lowest BCUT2D eigenvalue weighted by Gasteiger charge is -2.05. The number of hydrogen-bond acceptors (Lipinski definition) is 6. The van der Waals surface area contributed by atoms with E-state index in [2.05, 4.69) is 17.1 Å². The number of carbonyl (C=O) groups is 2. The van der Waals surface area contributed by atoms with Gasteiger partial charge >= 0.3 is 5.97 Å². The van der Waals surface area contributed by atoms with Crippen LogP contribution in [0.5, 0.6) is 0 Å². The fourth-order valence-electron chi connectivity index (χ4n) is 2.99. The number of thioether (sulfide) groups is 1. The Morgan fingerprint density at radius 3 is 2.71 bits per heavy atom. The fourth-order valence-corrected chi connectivity index (χ4v) is 4.98. The van der Waals surface area contributed by atoms with Crippen molar-refractivity contribution in [3.05, 3.63) is 58.9 Å². The lowest BCUT2D eigenvalue weighted by molar-refractivity contribution is -0.118. The second kappa shape index (κ2) is 11.8. The van der Waals surface area contributed by atoms with E-state index in [1.807, 2.05) is 28.8 Å². The lowest BCUT2D eigenvalue weighted by Crippen LogP contribution is -2.19. The van der Waals surface area contributed by atoms with Gasteiger partial charge in [0.05, 0.1) is 29.0 Å². The summed E-state index contributed by atoms with van der Waals surface area (Å²) in [5.41, 5.74) is 1.41. The van der Waals surface area contributed by atoms with E-state index in [-0.39, 0.29) is 11.9 Å². The molecule has 3 aromatic rings. The van der Waals surface area contributed by atoms with Gasteiger partial charge < -0.3 is 14.0 Å². The zero-order valence-electron chi connectivity index (χ0n) is 17.7. The number of benzene rings is 2. The van der Waals surface area contributed by atoms with E-state index in [1.165, 1.54) is 16.2 Å². The van der Waals surface area contributed by atoms with Crippen LogP contribution in [0.2, 0.25) is 0 Å². The summed E-state index contributed by atoms with van der Waals surface area (Å²) in [6.45, 7) is 3.18. The Hall–Kier alpha value is -2.42. The van der Waals surface area contributed by atoms with Gasteiger partial charge in [-0.05, 0) is 49.4 Å². The predicted octanol–water partition coefficient (Wildman–Crippen LogP) is 4.53. The first-order valence-electron chi connectivity index (χ1n) is 10.2. The second-order valence-corrected chi connectivity index (χ2v) is 8.88. The van der Waals surface area contributed by atoms with Crippen molar-refractivity contribution in [2.24, 2.45) is 4.99 Å². The van der Waals surface area contributed by atoms with Gasteiger partial charge in [-0.25, -0.2) is 4.79 Å². The summed E-state index contributed by atoms with van der Waals surface area (Å²) in [4.78, 5) is 30.7. The van der Waals surface area contributed by atoms with Gasteiger partial charge in [-0.3, -0.25) is 4.79 Å². The predicted molar refractivity (Wildman–Crippen MR) is 125 cm³/mol. The third-order valence-electron chi connectivity index (χ3n) is 4.48. The van der Waals surface area contributed by atoms with Crippen LogP contribution in [0.25, 0.3) is 10.2 Å². The Morgan fingerprint density at radius 2 is 1.97 bits per heavy atom. The van der Waals surface area contributed by atoms with E-state index < -0.39 is 0 Å². The number of ether oxygens (including phenoxy) is 2. The summed E-state index contributed by atoms with van der Waals surface area (Å²) >= 11 is 3.13. The molecule has 3 rings (SSSR count). The SMILES string of the molecule is CCOC(=O)c1ccc2c(c1)sc(=NC(=O)CCCSc1ccccc1)n2CCOC. The molecule has 0 unspecified atom stereocenters. The number of esters is 1. The van der Waals surface area contributed by atoms with Crippen molar-refractivity contribution >= 4 is 45.2 Å². The van der Waals surface area contributed by atoms with Crippen molar-refractivity contribution in [3.63, 3.8) is 0 Å². The largest absolute Gasteiger partial charge is 0.462 e. The molecule has 0 fully saturated rings. The number of rotatable bonds is 10. The number of hydrogen-bond donors (Lipinski definition) is 0. The summed E-state index contributed by atoms with van der Waals surface area (Å²) < 4.78 is 13.2. The van der Waals surface area contributed by atoms with Gasteiger partial charge in [0.25, 0.3) is 0 Å². The van der Waals surface area contributed by atoms with E-state index in [0.717, 1.165) is 22.4 Å². The molecule has 0 saturated carbocycles. The van der Waals surface area contributed by atoms with Gasteiger partial charge in [0.15, 0.2) is 4.80 Å². The highest BCUT2D eigenvalue weighted by Crippen LogP contribution is 2.21. The minimum Gasteiger partial charge on any atom is -0.462 e. The first-order valence-corrected chi connectivity index (χ1v) is 12.0. The van der Waals surface area contributed by atoms with Crippen LogP contribution in [0.15, 0.2) is 58.4 Å². The maximum atomic E-state index is 12.5. The number of carbonyl (C=O) groups excluding carboxylic acids is 2. The number of thiazole rings is 1. The monoisotopic (exact) mass is 458 g/mol. The molecule has 164 valence electrons. The summed E-state index contributed by atoms with van der Waals surface area (Å²) in [6, 6.07) is 15.5. The molecule has 1 heterocycles. The summed E-state index contributed by atoms with van der Waals surface area (Å²) in [5.74, 6) is 0.369. The molecule has 0 spiro atoms. The van der Waals surface area contributed by atoms with E-state index in [9.17, 15) is 9.59 Å². The van der Waals surface area contributed by atoms with Crippen LogP contribution < -0.4 is 4.80 Å². The average molecular weight is 459 g/mol. The van der Waals surface area contributed by atoms with Gasteiger partial charge in [-0.15, -0.1) is 11.8 Å². The number of aromatic nitrogens is 1. The van der Waals surface area contributed by atoms with Gasteiger partial charge in [0.1, 0.15) is 0 Å². The Morgan fingerprint density at radius 1 is 1.16 bits per heavy atom. The Kier molecular flexibility index (Phi) is 8.87. The Bertz CT molecular complexity index is 1090. The van der Waals surface area contributed by atoms with Gasteiger partial charge in [0.2, 0.25) is 5.91 Å². The highest BCUT2D eigenvalue weighted by atomic mass is 32.2. The van der Waals surface area contributed by atoms with E-state index in [1.54, 1.807) is 37.9 Å². The highest BCUT2D eigenvalue weighted by Gasteiger charge is 2.12. The van der Waals surface area contributed by atoms with Crippen molar-refractivity contribution < 1.29 is 19.1 Å². The quantitative estimate of drug-likeness (QED) is 0.254. The third kappa shape index (κ3) is 6.53. The number of methoxy groups -OCH3 is 1. The van der Waals surface area contributed by atoms with Crippen LogP contribution in [-0.4, -0.2) is 42.5 Å². The normalized spacial score (nSPS) is 11.7. The van der Waals surface area contributed by atoms with Crippen LogP contribution in [0.1, 0.15) is 30.1 Å². The molecule has 0 N–H and O–H groups in total. The smallest absolute Gasteiger partial charge is 0.338 e. The minimum atomic E-state index is -0.355. The molecule has 2 aromatic carbocycles. The zero-order chi connectivity index (χ0) is 22.1. The molecule has 0 aliphatic rings. The van der Waals surface area contributed by atoms with Crippen molar-refractivity contribution in [1.29, 1.82) is 0 Å². The molecule has 0 saturated heterocycles. The number of nitrogens with zero attached hydrogens (tertiary/aromatic N) is 2. The van der Waals surface area contributed by atoms with Crippen LogP contribution in [0.4, 0.5) is 0 Å². The summed E-state index contributed by atoms with van der Waals surface area (Å²) in [6.07, 6.45) is 1.16. The standard InChI is InChI=1S/C23H26N2O4S2/c1-3-29-22(27)17-11-12-19-20(16-17)31-23(25(19)13-14-28-2)24-21(26)10-7-15-30-18-8-5-4-6-9-18/h4-6,8-9,11-12,16H,3,7,10,13-15H2,1-2H3. The molecular formula is C23H26N2O4S2. The minimum absolute atomic E-state index is 0.142. The molecule has 0 radical (unpaired) electrons. The first kappa shape index (κ1) is 23.2. The molecule has 1 aromatic heterocycles. The lowest BCUT2D eigenvalue weighted by atomic mass is 10.2. The van der Waals surface area contributed by atoms with E-state index in [4.69, 9.17) is 9.47 Å². The molecule has 0 aliphatic heterocycles. The summed E-state index contributed by atoms with van der Waals surface area (Å²) in [7, 11) is 1.64. The van der Waals surface area contributed by atoms with Crippen molar-refractivity contribution in [2.75, 3.05) is 26.1 Å². The maximum absolute atomic E-state index is 12.5. The van der Waals surface area contributed by atoms with Crippen LogP contribution in [-0.2, 0) is 20.8 Å². The Balaban J connectivity index is 1.75. The first-order chi connectivity index (χ1) is 15.1. The van der Waals surface area contributed by atoms with Crippen LogP contribution >= 0.6 is 23.1 Å². The molecule has 1 amide bonds. The van der Waals surface area contributed by atoms with Crippen LogP contribution in [0, 0.1) is 0 Å². The molecule has 8 heteroatoms. The number of amides is 1. The fraction of sp³-hybridized carbons (Fsp3) is 0.348. The van der Waals surface area contributed by atoms with Crippen molar-refractivity contribution in [3.8, 4) is 0 Å². The zero-order valence-corrected chi connectivity index (χ0v) is 19.3. The number of fused-ring (bicyclic) bond motifs is 1. The van der Waals surface area contributed by atoms with Crippen molar-refractivity contribution in [1.82, 2.24) is 4.57 Å². The topological polar surface area (TPSA) is 69.9 Å². The van der Waals surface area contributed by atoms with Crippen LogP contribution in [0.3, 0.4) is 0 Å². The highest BCUT2D eigenvalue weighted by molar-refractivity contribution is 7.99.